The largest absolute Gasteiger partial charge is 0.481 e. The second kappa shape index (κ2) is 5.04. The zero-order valence-corrected chi connectivity index (χ0v) is 8.08. The lowest BCUT2D eigenvalue weighted by atomic mass is 9.86. The van der Waals surface area contributed by atoms with E-state index < -0.39 is 24.2 Å². The van der Waals surface area contributed by atoms with Crippen molar-refractivity contribution in [2.75, 3.05) is 0 Å². The van der Waals surface area contributed by atoms with Crippen molar-refractivity contribution in [2.45, 2.75) is 38.2 Å². The second-order valence-corrected chi connectivity index (χ2v) is 3.70. The van der Waals surface area contributed by atoms with Crippen LogP contribution in [0, 0.1) is 5.92 Å². The van der Waals surface area contributed by atoms with Gasteiger partial charge in [-0.15, -0.1) is 0 Å². The number of aliphatic carboxylic acids is 1. The first-order valence-corrected chi connectivity index (χ1v) is 4.82. The van der Waals surface area contributed by atoms with Crippen LogP contribution >= 0.6 is 0 Å². The maximum Gasteiger partial charge on any atom is 0.315 e. The number of carboxylic acids is 1. The Labute approximate surface area is 85.7 Å². The van der Waals surface area contributed by atoms with Crippen molar-refractivity contribution in [1.29, 1.82) is 0 Å². The standard InChI is InChI=1S/C9H13F2NO3/c10-7(11)8(13)12-6-3-1-5(2-4-6)9(14)15/h5-7H,1-4H2,(H,12,13)(H,14,15). The molecule has 0 aromatic carbocycles. The summed E-state index contributed by atoms with van der Waals surface area (Å²) in [6.45, 7) is 0. The van der Waals surface area contributed by atoms with Gasteiger partial charge in [-0.1, -0.05) is 0 Å². The van der Waals surface area contributed by atoms with E-state index in [0.717, 1.165) is 0 Å². The molecule has 0 saturated heterocycles. The lowest BCUT2D eigenvalue weighted by Crippen LogP contribution is -2.41. The van der Waals surface area contributed by atoms with Gasteiger partial charge in [0.2, 0.25) is 0 Å². The van der Waals surface area contributed by atoms with Gasteiger partial charge in [0.1, 0.15) is 0 Å². The number of hydrogen-bond donors (Lipinski definition) is 2. The third kappa shape index (κ3) is 3.45. The van der Waals surface area contributed by atoms with Crippen LogP contribution in [0.5, 0.6) is 0 Å². The van der Waals surface area contributed by atoms with Crippen molar-refractivity contribution in [3.8, 4) is 0 Å². The van der Waals surface area contributed by atoms with E-state index in [-0.39, 0.29) is 6.04 Å². The van der Waals surface area contributed by atoms with Gasteiger partial charge in [0.25, 0.3) is 5.91 Å². The Balaban J connectivity index is 2.32. The second-order valence-electron chi connectivity index (χ2n) is 3.70. The number of carbonyl (C=O) groups excluding carboxylic acids is 1. The molecule has 0 heterocycles. The molecule has 0 spiro atoms. The first-order chi connectivity index (χ1) is 7.00. The first kappa shape index (κ1) is 11.9. The van der Waals surface area contributed by atoms with E-state index in [0.29, 0.717) is 25.7 Å². The SMILES string of the molecule is O=C(NC1CCC(C(=O)O)CC1)C(F)F. The van der Waals surface area contributed by atoms with E-state index in [2.05, 4.69) is 5.32 Å². The van der Waals surface area contributed by atoms with Gasteiger partial charge in [0, 0.05) is 6.04 Å². The number of rotatable bonds is 3. The Hall–Kier alpha value is -1.20. The van der Waals surface area contributed by atoms with Crippen molar-refractivity contribution in [2.24, 2.45) is 5.92 Å². The molecule has 0 aliphatic heterocycles. The molecule has 0 aromatic heterocycles. The van der Waals surface area contributed by atoms with Gasteiger partial charge in [-0.3, -0.25) is 9.59 Å². The van der Waals surface area contributed by atoms with Crippen LogP contribution < -0.4 is 5.32 Å². The van der Waals surface area contributed by atoms with E-state index >= 15 is 0 Å². The Bertz CT molecular complexity index is 250. The van der Waals surface area contributed by atoms with E-state index in [9.17, 15) is 18.4 Å². The number of carboxylic acid groups (broad SMARTS) is 1. The average Bonchev–Trinajstić information content (AvgIpc) is 2.18. The van der Waals surface area contributed by atoms with Gasteiger partial charge in [-0.25, -0.2) is 0 Å². The Morgan fingerprint density at radius 1 is 1.20 bits per heavy atom. The Morgan fingerprint density at radius 3 is 2.13 bits per heavy atom. The maximum atomic E-state index is 11.9. The van der Waals surface area contributed by atoms with Crippen molar-refractivity contribution < 1.29 is 23.5 Å². The highest BCUT2D eigenvalue weighted by Crippen LogP contribution is 2.24. The third-order valence-corrected chi connectivity index (χ3v) is 2.62. The lowest BCUT2D eigenvalue weighted by Gasteiger charge is -2.26. The summed E-state index contributed by atoms with van der Waals surface area (Å²) in [5, 5.41) is 10.9. The zero-order chi connectivity index (χ0) is 11.4. The van der Waals surface area contributed by atoms with Gasteiger partial charge in [0.05, 0.1) is 5.92 Å². The molecule has 1 aliphatic rings. The summed E-state index contributed by atoms with van der Waals surface area (Å²) in [7, 11) is 0. The minimum Gasteiger partial charge on any atom is -0.481 e. The Morgan fingerprint density at radius 2 is 1.73 bits per heavy atom. The highest BCUT2D eigenvalue weighted by molar-refractivity contribution is 5.79. The molecule has 86 valence electrons. The van der Waals surface area contributed by atoms with Gasteiger partial charge < -0.3 is 10.4 Å². The van der Waals surface area contributed by atoms with E-state index in [1.54, 1.807) is 0 Å². The molecule has 0 radical (unpaired) electrons. The van der Waals surface area contributed by atoms with Gasteiger partial charge >= 0.3 is 12.4 Å². The fourth-order valence-corrected chi connectivity index (χ4v) is 1.75. The van der Waals surface area contributed by atoms with Crippen LogP contribution in [0.3, 0.4) is 0 Å². The topological polar surface area (TPSA) is 66.4 Å². The van der Waals surface area contributed by atoms with Crippen LogP contribution in [0.1, 0.15) is 25.7 Å². The van der Waals surface area contributed by atoms with Gasteiger partial charge in [-0.05, 0) is 25.7 Å². The summed E-state index contributed by atoms with van der Waals surface area (Å²) >= 11 is 0. The number of halogens is 2. The van der Waals surface area contributed by atoms with Crippen LogP contribution in [-0.2, 0) is 9.59 Å². The molecule has 1 amide bonds. The van der Waals surface area contributed by atoms with Crippen LogP contribution in [0.25, 0.3) is 0 Å². The summed E-state index contributed by atoms with van der Waals surface area (Å²) in [5.41, 5.74) is 0. The molecule has 1 rings (SSSR count). The summed E-state index contributed by atoms with van der Waals surface area (Å²) in [6, 6.07) is -0.304. The highest BCUT2D eigenvalue weighted by atomic mass is 19.3. The van der Waals surface area contributed by atoms with Crippen LogP contribution in [0.2, 0.25) is 0 Å². The molecule has 2 N–H and O–H groups in total. The molecular weight excluding hydrogens is 208 g/mol. The van der Waals surface area contributed by atoms with Crippen molar-refractivity contribution in [1.82, 2.24) is 5.32 Å². The highest BCUT2D eigenvalue weighted by Gasteiger charge is 2.28. The summed E-state index contributed by atoms with van der Waals surface area (Å²) < 4.78 is 23.8. The van der Waals surface area contributed by atoms with Gasteiger partial charge in [0.15, 0.2) is 0 Å². The predicted molar refractivity (Wildman–Crippen MR) is 47.5 cm³/mol. The first-order valence-electron chi connectivity index (χ1n) is 4.82. The fourth-order valence-electron chi connectivity index (χ4n) is 1.75. The summed E-state index contributed by atoms with van der Waals surface area (Å²) in [5.74, 6) is -2.52. The molecule has 4 nitrogen and oxygen atoms in total. The van der Waals surface area contributed by atoms with Crippen molar-refractivity contribution in [3.05, 3.63) is 0 Å². The molecule has 0 unspecified atom stereocenters. The third-order valence-electron chi connectivity index (χ3n) is 2.62. The quantitative estimate of drug-likeness (QED) is 0.747. The minimum absolute atomic E-state index is 0.304. The van der Waals surface area contributed by atoms with Crippen molar-refractivity contribution in [3.63, 3.8) is 0 Å². The van der Waals surface area contributed by atoms with E-state index in [1.807, 2.05) is 0 Å². The van der Waals surface area contributed by atoms with Gasteiger partial charge in [-0.2, -0.15) is 8.78 Å². The maximum absolute atomic E-state index is 11.9. The molecule has 15 heavy (non-hydrogen) atoms. The van der Waals surface area contributed by atoms with Crippen LogP contribution in [0.4, 0.5) is 8.78 Å². The summed E-state index contributed by atoms with van der Waals surface area (Å²) in [4.78, 5) is 21.2. The molecule has 6 heteroatoms. The molecule has 1 saturated carbocycles. The Kier molecular flexibility index (Phi) is 3.99. The minimum atomic E-state index is -3.00. The van der Waals surface area contributed by atoms with Crippen LogP contribution in [-0.4, -0.2) is 29.5 Å². The lowest BCUT2D eigenvalue weighted by molar-refractivity contribution is -0.143. The average molecular weight is 221 g/mol. The number of hydrogen-bond acceptors (Lipinski definition) is 2. The fraction of sp³-hybridized carbons (Fsp3) is 0.778. The predicted octanol–water partition coefficient (Wildman–Crippen LogP) is 1.01. The number of nitrogens with one attached hydrogen (secondary N) is 1. The molecule has 1 aliphatic carbocycles. The molecular formula is C9H13F2NO3. The monoisotopic (exact) mass is 221 g/mol. The summed E-state index contributed by atoms with van der Waals surface area (Å²) in [6.07, 6.45) is -1.22. The number of alkyl halides is 2. The van der Waals surface area contributed by atoms with E-state index in [4.69, 9.17) is 5.11 Å². The molecule has 0 atom stereocenters. The molecule has 1 fully saturated rings. The molecule has 0 aromatic rings. The number of amides is 1. The van der Waals surface area contributed by atoms with Crippen LogP contribution in [0.15, 0.2) is 0 Å². The number of carbonyl (C=O) groups is 2. The molecule has 0 bridgehead atoms. The smallest absolute Gasteiger partial charge is 0.315 e. The normalized spacial score (nSPS) is 26.3. The van der Waals surface area contributed by atoms with E-state index in [1.165, 1.54) is 0 Å². The zero-order valence-electron chi connectivity index (χ0n) is 8.08. The van der Waals surface area contributed by atoms with Crippen molar-refractivity contribution >= 4 is 11.9 Å².